The van der Waals surface area contributed by atoms with Gasteiger partial charge in [-0.1, -0.05) is 84.9 Å². The fraction of sp³-hybridized carbons (Fsp3) is 0.214. The minimum Gasteiger partial charge on any atom is -0.399 e. The average molecular weight is 406 g/mol. The molecular weight excluding hydrogens is 379 g/mol. The van der Waals surface area contributed by atoms with Crippen molar-refractivity contribution in [2.75, 3.05) is 0 Å². The van der Waals surface area contributed by atoms with Crippen LogP contribution in [0.4, 0.5) is 0 Å². The molecule has 1 saturated heterocycles. The molecule has 0 aromatic heterocycles. The van der Waals surface area contributed by atoms with Crippen LogP contribution in [0.5, 0.6) is 0 Å². The summed E-state index contributed by atoms with van der Waals surface area (Å²) in [6.07, 6.45) is 0. The Morgan fingerprint density at radius 3 is 1.71 bits per heavy atom. The van der Waals surface area contributed by atoms with Gasteiger partial charge in [-0.2, -0.15) is 0 Å². The van der Waals surface area contributed by atoms with Crippen molar-refractivity contribution in [3.05, 3.63) is 91.0 Å². The van der Waals surface area contributed by atoms with E-state index in [4.69, 9.17) is 9.31 Å². The summed E-state index contributed by atoms with van der Waals surface area (Å²) in [6, 6.07) is 32.3. The summed E-state index contributed by atoms with van der Waals surface area (Å²) >= 11 is 0. The third-order valence-electron chi connectivity index (χ3n) is 6.73. The van der Waals surface area contributed by atoms with Crippen LogP contribution < -0.4 is 5.46 Å². The molecule has 0 saturated carbocycles. The zero-order chi connectivity index (χ0) is 21.6. The van der Waals surface area contributed by atoms with Gasteiger partial charge in [-0.15, -0.1) is 0 Å². The molecule has 0 spiro atoms. The van der Waals surface area contributed by atoms with Crippen molar-refractivity contribution in [2.24, 2.45) is 0 Å². The lowest BCUT2D eigenvalue weighted by atomic mass is 9.78. The number of benzene rings is 4. The highest BCUT2D eigenvalue weighted by molar-refractivity contribution is 6.62. The maximum absolute atomic E-state index is 6.21. The summed E-state index contributed by atoms with van der Waals surface area (Å²) in [7, 11) is -0.338. The summed E-state index contributed by atoms with van der Waals surface area (Å²) in [5.41, 5.74) is 5.24. The van der Waals surface area contributed by atoms with Gasteiger partial charge < -0.3 is 9.31 Å². The molecule has 3 heteroatoms. The van der Waals surface area contributed by atoms with Gasteiger partial charge in [0.05, 0.1) is 11.2 Å². The van der Waals surface area contributed by atoms with E-state index in [1.807, 2.05) is 0 Å². The molecular formula is C28H27BO2. The van der Waals surface area contributed by atoms with Crippen LogP contribution in [0.15, 0.2) is 91.0 Å². The normalized spacial score (nSPS) is 17.2. The van der Waals surface area contributed by atoms with E-state index in [0.717, 1.165) is 5.46 Å². The molecule has 5 rings (SSSR count). The Hall–Kier alpha value is -2.88. The standard InChI is InChI=1S/C28H27BO2/c1-27(2)28(3,4)31-29(30-27)24-17-15-21(16-18-24)25-11-7-8-12-26(25)23-14-13-20-9-5-6-10-22(20)19-23/h5-19H,1-4H3. The summed E-state index contributed by atoms with van der Waals surface area (Å²) in [5.74, 6) is 0. The Labute approximate surface area is 185 Å². The van der Waals surface area contributed by atoms with Gasteiger partial charge in [-0.25, -0.2) is 0 Å². The van der Waals surface area contributed by atoms with E-state index in [9.17, 15) is 0 Å². The largest absolute Gasteiger partial charge is 0.494 e. The topological polar surface area (TPSA) is 18.5 Å². The Bertz CT molecular complexity index is 1230. The van der Waals surface area contributed by atoms with Crippen molar-refractivity contribution in [2.45, 2.75) is 38.9 Å². The molecule has 4 aromatic carbocycles. The number of hydrogen-bond acceptors (Lipinski definition) is 2. The average Bonchev–Trinajstić information content (AvgIpc) is 3.00. The van der Waals surface area contributed by atoms with Crippen molar-refractivity contribution < 1.29 is 9.31 Å². The molecule has 0 radical (unpaired) electrons. The van der Waals surface area contributed by atoms with Gasteiger partial charge in [0.25, 0.3) is 0 Å². The van der Waals surface area contributed by atoms with Crippen molar-refractivity contribution >= 4 is 23.4 Å². The number of rotatable bonds is 3. The molecule has 1 heterocycles. The molecule has 1 fully saturated rings. The number of fused-ring (bicyclic) bond motifs is 1. The van der Waals surface area contributed by atoms with E-state index >= 15 is 0 Å². The van der Waals surface area contributed by atoms with Gasteiger partial charge in [0.15, 0.2) is 0 Å². The monoisotopic (exact) mass is 406 g/mol. The van der Waals surface area contributed by atoms with Crippen LogP contribution in [0, 0.1) is 0 Å². The van der Waals surface area contributed by atoms with Crippen LogP contribution in [-0.2, 0) is 9.31 Å². The smallest absolute Gasteiger partial charge is 0.399 e. The second kappa shape index (κ2) is 7.37. The highest BCUT2D eigenvalue weighted by atomic mass is 16.7. The summed E-state index contributed by atoms with van der Waals surface area (Å²) in [4.78, 5) is 0. The lowest BCUT2D eigenvalue weighted by Gasteiger charge is -2.32. The first-order valence-electron chi connectivity index (χ1n) is 10.9. The van der Waals surface area contributed by atoms with Crippen molar-refractivity contribution in [3.8, 4) is 22.3 Å². The van der Waals surface area contributed by atoms with Crippen molar-refractivity contribution in [3.63, 3.8) is 0 Å². The molecule has 0 bridgehead atoms. The fourth-order valence-corrected chi connectivity index (χ4v) is 4.14. The second-order valence-electron chi connectivity index (χ2n) is 9.32. The van der Waals surface area contributed by atoms with E-state index in [0.29, 0.717) is 0 Å². The highest BCUT2D eigenvalue weighted by Gasteiger charge is 2.51. The first kappa shape index (κ1) is 20.1. The molecule has 0 amide bonds. The Morgan fingerprint density at radius 1 is 0.548 bits per heavy atom. The minimum absolute atomic E-state index is 0.334. The second-order valence-corrected chi connectivity index (χ2v) is 9.32. The van der Waals surface area contributed by atoms with Crippen molar-refractivity contribution in [1.82, 2.24) is 0 Å². The van der Waals surface area contributed by atoms with E-state index in [1.54, 1.807) is 0 Å². The van der Waals surface area contributed by atoms with Crippen LogP contribution in [0.3, 0.4) is 0 Å². The molecule has 2 nitrogen and oxygen atoms in total. The zero-order valence-electron chi connectivity index (χ0n) is 18.6. The summed E-state index contributed by atoms with van der Waals surface area (Å²) < 4.78 is 12.4. The molecule has 4 aromatic rings. The zero-order valence-corrected chi connectivity index (χ0v) is 18.6. The molecule has 0 N–H and O–H groups in total. The van der Waals surface area contributed by atoms with Gasteiger partial charge in [0.1, 0.15) is 0 Å². The van der Waals surface area contributed by atoms with E-state index in [2.05, 4.69) is 119 Å². The van der Waals surface area contributed by atoms with Crippen LogP contribution in [0.25, 0.3) is 33.0 Å². The van der Waals surface area contributed by atoms with Gasteiger partial charge >= 0.3 is 7.12 Å². The van der Waals surface area contributed by atoms with Crippen molar-refractivity contribution in [1.29, 1.82) is 0 Å². The first-order chi connectivity index (χ1) is 14.8. The minimum atomic E-state index is -0.338. The van der Waals surface area contributed by atoms with E-state index in [1.165, 1.54) is 33.0 Å². The molecule has 31 heavy (non-hydrogen) atoms. The summed E-state index contributed by atoms with van der Waals surface area (Å²) in [6.45, 7) is 8.34. The molecule has 1 aliphatic heterocycles. The maximum atomic E-state index is 6.21. The highest BCUT2D eigenvalue weighted by Crippen LogP contribution is 2.37. The van der Waals surface area contributed by atoms with Gasteiger partial charge in [-0.3, -0.25) is 0 Å². The molecule has 1 aliphatic rings. The van der Waals surface area contributed by atoms with E-state index in [-0.39, 0.29) is 18.3 Å². The third kappa shape index (κ3) is 3.58. The Balaban J connectivity index is 1.49. The lowest BCUT2D eigenvalue weighted by Crippen LogP contribution is -2.41. The van der Waals surface area contributed by atoms with E-state index < -0.39 is 0 Å². The molecule has 0 aliphatic carbocycles. The van der Waals surface area contributed by atoms with Crippen LogP contribution in [0.2, 0.25) is 0 Å². The van der Waals surface area contributed by atoms with Gasteiger partial charge in [0.2, 0.25) is 0 Å². The summed E-state index contributed by atoms with van der Waals surface area (Å²) in [5, 5.41) is 2.52. The van der Waals surface area contributed by atoms with Gasteiger partial charge in [-0.05, 0) is 72.3 Å². The molecule has 154 valence electrons. The van der Waals surface area contributed by atoms with Crippen LogP contribution >= 0.6 is 0 Å². The quantitative estimate of drug-likeness (QED) is 0.363. The maximum Gasteiger partial charge on any atom is 0.494 e. The van der Waals surface area contributed by atoms with Crippen LogP contribution in [-0.4, -0.2) is 18.3 Å². The van der Waals surface area contributed by atoms with Crippen LogP contribution in [0.1, 0.15) is 27.7 Å². The predicted molar refractivity (Wildman–Crippen MR) is 131 cm³/mol. The first-order valence-corrected chi connectivity index (χ1v) is 10.9. The third-order valence-corrected chi connectivity index (χ3v) is 6.73. The molecule has 0 atom stereocenters. The lowest BCUT2D eigenvalue weighted by molar-refractivity contribution is 0.00578. The SMILES string of the molecule is CC1(C)OB(c2ccc(-c3ccccc3-c3ccc4ccccc4c3)cc2)OC1(C)C. The Morgan fingerprint density at radius 2 is 1.06 bits per heavy atom. The van der Waals surface area contributed by atoms with Gasteiger partial charge in [0, 0.05) is 0 Å². The Kier molecular flexibility index (Phi) is 4.77. The fourth-order valence-electron chi connectivity index (χ4n) is 4.14. The predicted octanol–water partition coefficient (Wildman–Crippen LogP) is 6.47. The number of hydrogen-bond donors (Lipinski definition) is 0. The molecule has 0 unspecified atom stereocenters.